The van der Waals surface area contributed by atoms with Gasteiger partial charge in [0, 0.05) is 44.3 Å². The van der Waals surface area contributed by atoms with Gasteiger partial charge in [0.05, 0.1) is 41.7 Å². The Morgan fingerprint density at radius 2 is 1.92 bits per heavy atom. The van der Waals surface area contributed by atoms with Crippen LogP contribution in [0, 0.1) is 23.0 Å². The Kier molecular flexibility index (Phi) is 11.3. The lowest BCUT2D eigenvalue weighted by Crippen LogP contribution is -2.53. The molecule has 15 heteroatoms. The Morgan fingerprint density at radius 3 is 2.60 bits per heavy atom. The van der Waals surface area contributed by atoms with Crippen molar-refractivity contribution in [2.45, 2.75) is 89.0 Å². The molecule has 0 spiro atoms. The molecule has 7 atom stereocenters. The number of anilines is 2. The number of epoxide rings is 1. The summed E-state index contributed by atoms with van der Waals surface area (Å²) in [5, 5.41) is 26.1. The maximum Gasteiger partial charge on any atom is 0.412 e. The molecule has 0 unspecified atom stereocenters. The molecule has 2 aromatic carbocycles. The first-order valence-corrected chi connectivity index (χ1v) is 17.2. The number of esters is 1. The molecule has 3 aliphatic heterocycles. The van der Waals surface area contributed by atoms with E-state index < -0.39 is 64.4 Å². The second-order valence-electron chi connectivity index (χ2n) is 13.9. The Bertz CT molecular complexity index is 1810. The first kappa shape index (κ1) is 38.7. The second kappa shape index (κ2) is 15.2. The number of aliphatic hydroxyl groups is 1. The summed E-state index contributed by atoms with van der Waals surface area (Å²) < 4.78 is 28.6. The zero-order valence-electron chi connectivity index (χ0n) is 30.1. The van der Waals surface area contributed by atoms with Gasteiger partial charge in [0.2, 0.25) is 5.91 Å². The molecule has 280 valence electrons. The third-order valence-electron chi connectivity index (χ3n) is 10.1. The fourth-order valence-electron chi connectivity index (χ4n) is 7.08. The quantitative estimate of drug-likeness (QED) is 0.163. The maximum absolute atomic E-state index is 14.0. The molecule has 14 nitrogen and oxygen atoms in total. The molecule has 4 bridgehead atoms. The molecule has 0 aromatic heterocycles. The van der Waals surface area contributed by atoms with Gasteiger partial charge in [-0.05, 0) is 50.5 Å². The summed E-state index contributed by atoms with van der Waals surface area (Å²) in [4.78, 5) is 52.5. The van der Waals surface area contributed by atoms with Gasteiger partial charge >= 0.3 is 17.7 Å². The molecule has 52 heavy (non-hydrogen) atoms. The van der Waals surface area contributed by atoms with E-state index in [9.17, 15) is 29.6 Å². The monoisotopic (exact) mass is 741 g/mol. The average molecular weight is 742 g/mol. The molecule has 0 radical (unpaired) electrons. The van der Waals surface area contributed by atoms with Crippen molar-refractivity contribution in [1.29, 1.82) is 0 Å². The third-order valence-corrected chi connectivity index (χ3v) is 10.6. The number of nitrogens with zero attached hydrogens (tertiary/aromatic N) is 2. The zero-order chi connectivity index (χ0) is 38.1. The van der Waals surface area contributed by atoms with Gasteiger partial charge in [0.15, 0.2) is 5.75 Å². The molecule has 5 rings (SSSR count). The van der Waals surface area contributed by atoms with Crippen LogP contribution in [-0.2, 0) is 35.0 Å². The highest BCUT2D eigenvalue weighted by Crippen LogP contribution is 2.49. The van der Waals surface area contributed by atoms with Crippen LogP contribution in [0.1, 0.15) is 51.2 Å². The Morgan fingerprint density at radius 1 is 1.19 bits per heavy atom. The number of nitro benzene ring substituents is 1. The van der Waals surface area contributed by atoms with E-state index in [0.29, 0.717) is 17.1 Å². The van der Waals surface area contributed by atoms with Crippen LogP contribution in [0.2, 0.25) is 5.02 Å². The van der Waals surface area contributed by atoms with Crippen LogP contribution < -0.4 is 15.0 Å². The topological polar surface area (TPSA) is 179 Å². The predicted octanol–water partition coefficient (Wildman–Crippen LogP) is 5.84. The summed E-state index contributed by atoms with van der Waals surface area (Å²) in [5.41, 5.74) is 0.148. The number of nitrogens with one attached hydrogen (secondary N) is 1. The van der Waals surface area contributed by atoms with E-state index in [0.717, 1.165) is 16.7 Å². The molecule has 2 aromatic rings. The lowest BCUT2D eigenvalue weighted by molar-refractivity contribution is -0.385. The number of carbonyl (C=O) groups is 3. The van der Waals surface area contributed by atoms with Gasteiger partial charge < -0.3 is 33.7 Å². The molecule has 2 N–H and O–H groups in total. The summed E-state index contributed by atoms with van der Waals surface area (Å²) in [6, 6.07) is 7.56. The van der Waals surface area contributed by atoms with Gasteiger partial charge in [-0.3, -0.25) is 25.0 Å². The van der Waals surface area contributed by atoms with Crippen molar-refractivity contribution in [3.8, 4) is 5.75 Å². The Balaban J connectivity index is 1.52. The molecule has 0 aliphatic carbocycles. The smallest absolute Gasteiger partial charge is 0.412 e. The Hall–Kier alpha value is -4.50. The standard InChI is InChI=1S/C37H44ClN3O11/c1-20-9-8-10-29(49-7)37(45)18-28(50-32(43)19-37)22(3)34-36(4,52-34)30(17-31(42)40(5)26-15-23(13-20)14-21(2)33(26)38)51-35(44)39-24-11-12-25(41(46)47)27(16-24)48-6/h8-12,14-16,22,28-30,34,45H,13,17-19H2,1-7H3,(H,39,44)/b10-8+,20-9+/t22-,28+,29-,30+,34+,36+,37-/m1/s1. The van der Waals surface area contributed by atoms with Gasteiger partial charge in [0.25, 0.3) is 0 Å². The van der Waals surface area contributed by atoms with E-state index >= 15 is 0 Å². The number of fused-ring (bicyclic) bond motifs is 5. The van der Waals surface area contributed by atoms with Crippen molar-refractivity contribution in [2.75, 3.05) is 31.5 Å². The number of amides is 2. The number of hydrogen-bond acceptors (Lipinski definition) is 11. The van der Waals surface area contributed by atoms with Gasteiger partial charge in [-0.1, -0.05) is 48.4 Å². The van der Waals surface area contributed by atoms with Crippen molar-refractivity contribution in [3.63, 3.8) is 0 Å². The summed E-state index contributed by atoms with van der Waals surface area (Å²) in [5.74, 6) is -1.62. The van der Waals surface area contributed by atoms with Crippen LogP contribution in [0.25, 0.3) is 0 Å². The number of hydrogen-bond donors (Lipinski definition) is 2. The average Bonchev–Trinajstić information content (AvgIpc) is 3.78. The number of carbonyl (C=O) groups excluding carboxylic acids is 3. The SMILES string of the molecule is COc1cc(NC(=O)O[C@H]2CC(=O)N(C)c3cc(cc(C)c3Cl)C/C(C)=C/C=C/[C@@H](OC)[C@]3(O)CC(=O)O[C@@H](C3)[C@@H](C)[C@@H]3O[C@@]23C)ccc1[N+](=O)[O-]. The minimum Gasteiger partial charge on any atom is -0.490 e. The van der Waals surface area contributed by atoms with Crippen LogP contribution in [0.3, 0.4) is 0 Å². The molecular formula is C37H44ClN3O11. The molecule has 2 amide bonds. The molecule has 0 saturated carbocycles. The highest BCUT2D eigenvalue weighted by molar-refractivity contribution is 6.34. The molecule has 2 saturated heterocycles. The van der Waals surface area contributed by atoms with Gasteiger partial charge in [-0.15, -0.1) is 0 Å². The predicted molar refractivity (Wildman–Crippen MR) is 192 cm³/mol. The van der Waals surface area contributed by atoms with Crippen LogP contribution in [0.5, 0.6) is 5.75 Å². The number of methoxy groups -OCH3 is 2. The third kappa shape index (κ3) is 8.10. The normalized spacial score (nSPS) is 31.0. The summed E-state index contributed by atoms with van der Waals surface area (Å²) >= 11 is 6.74. The summed E-state index contributed by atoms with van der Waals surface area (Å²) in [7, 11) is 4.31. The van der Waals surface area contributed by atoms with Crippen molar-refractivity contribution in [1.82, 2.24) is 0 Å². The van der Waals surface area contributed by atoms with Gasteiger partial charge in [-0.2, -0.15) is 0 Å². The van der Waals surface area contributed by atoms with Crippen LogP contribution >= 0.6 is 11.6 Å². The maximum atomic E-state index is 14.0. The number of allylic oxidation sites excluding steroid dienone is 3. The van der Waals surface area contributed by atoms with E-state index in [4.69, 9.17) is 35.3 Å². The number of nitro groups is 1. The number of halogens is 1. The van der Waals surface area contributed by atoms with Gasteiger partial charge in [0.1, 0.15) is 29.5 Å². The Labute approximate surface area is 306 Å². The fraction of sp³-hybridized carbons (Fsp3) is 0.486. The summed E-state index contributed by atoms with van der Waals surface area (Å²) in [6.45, 7) is 7.29. The first-order valence-electron chi connectivity index (χ1n) is 16.8. The van der Waals surface area contributed by atoms with Crippen molar-refractivity contribution in [2.24, 2.45) is 5.92 Å². The van der Waals surface area contributed by atoms with Gasteiger partial charge in [-0.25, -0.2) is 4.79 Å². The van der Waals surface area contributed by atoms with Crippen LogP contribution in [0.15, 0.2) is 54.1 Å². The fourth-order valence-corrected chi connectivity index (χ4v) is 7.31. The van der Waals surface area contributed by atoms with E-state index in [1.54, 1.807) is 33.0 Å². The minimum absolute atomic E-state index is 0.0423. The molecule has 3 heterocycles. The number of ether oxygens (including phenoxy) is 5. The lowest BCUT2D eigenvalue weighted by atomic mass is 9.78. The lowest BCUT2D eigenvalue weighted by Gasteiger charge is -2.41. The number of benzene rings is 2. The first-order chi connectivity index (χ1) is 24.5. The highest BCUT2D eigenvalue weighted by Gasteiger charge is 2.64. The van der Waals surface area contributed by atoms with E-state index in [1.807, 2.05) is 32.1 Å². The largest absolute Gasteiger partial charge is 0.490 e. The minimum atomic E-state index is -1.59. The molecule has 3 aliphatic rings. The van der Waals surface area contributed by atoms with E-state index in [1.165, 1.54) is 37.3 Å². The molecule has 2 fully saturated rings. The van der Waals surface area contributed by atoms with Crippen molar-refractivity contribution >= 4 is 46.6 Å². The zero-order valence-corrected chi connectivity index (χ0v) is 30.9. The second-order valence-corrected chi connectivity index (χ2v) is 14.3. The molecular weight excluding hydrogens is 698 g/mol. The summed E-state index contributed by atoms with van der Waals surface area (Å²) in [6.07, 6.45) is 0.938. The highest BCUT2D eigenvalue weighted by atomic mass is 35.5. The van der Waals surface area contributed by atoms with Crippen molar-refractivity contribution in [3.05, 3.63) is 80.4 Å². The number of rotatable bonds is 5. The van der Waals surface area contributed by atoms with Crippen molar-refractivity contribution < 1.29 is 48.1 Å². The van der Waals surface area contributed by atoms with Crippen LogP contribution in [0.4, 0.5) is 21.9 Å². The van der Waals surface area contributed by atoms with E-state index in [2.05, 4.69) is 5.32 Å². The number of aryl methyl sites for hydroxylation is 1. The van der Waals surface area contributed by atoms with E-state index in [-0.39, 0.29) is 36.4 Å². The van der Waals surface area contributed by atoms with Crippen LogP contribution in [-0.4, -0.2) is 84.9 Å².